The van der Waals surface area contributed by atoms with Crippen LogP contribution in [0.25, 0.3) is 0 Å². The van der Waals surface area contributed by atoms with Gasteiger partial charge in [-0.1, -0.05) is 6.42 Å². The average molecular weight is 254 g/mol. The minimum atomic E-state index is -0.815. The van der Waals surface area contributed by atoms with E-state index in [0.29, 0.717) is 6.42 Å². The molecule has 2 aliphatic rings. The molecule has 0 bridgehead atoms. The van der Waals surface area contributed by atoms with E-state index in [4.69, 9.17) is 5.11 Å². The van der Waals surface area contributed by atoms with E-state index in [1.807, 2.05) is 7.05 Å². The highest BCUT2D eigenvalue weighted by Crippen LogP contribution is 2.33. The second-order valence-electron chi connectivity index (χ2n) is 5.41. The number of hydrogen-bond acceptors (Lipinski definition) is 3. The van der Waals surface area contributed by atoms with E-state index in [1.165, 1.54) is 0 Å². The molecule has 0 aromatic heterocycles. The van der Waals surface area contributed by atoms with Crippen LogP contribution in [0, 0.1) is 11.8 Å². The first-order chi connectivity index (χ1) is 8.61. The molecule has 1 amide bonds. The molecule has 1 heterocycles. The largest absolute Gasteiger partial charge is 0.481 e. The highest BCUT2D eigenvalue weighted by Gasteiger charge is 2.40. The lowest BCUT2D eigenvalue weighted by Crippen LogP contribution is -2.47. The van der Waals surface area contributed by atoms with Crippen LogP contribution in [0.3, 0.4) is 0 Å². The number of nitrogens with zero attached hydrogens (tertiary/aromatic N) is 1. The third-order valence-electron chi connectivity index (χ3n) is 4.35. The minimum absolute atomic E-state index is 0.0341. The van der Waals surface area contributed by atoms with Crippen LogP contribution in [0.1, 0.15) is 32.1 Å². The molecule has 18 heavy (non-hydrogen) atoms. The molecule has 5 heteroatoms. The van der Waals surface area contributed by atoms with Crippen LogP contribution < -0.4 is 5.32 Å². The van der Waals surface area contributed by atoms with E-state index in [2.05, 4.69) is 5.32 Å². The van der Waals surface area contributed by atoms with E-state index >= 15 is 0 Å². The number of amides is 1. The van der Waals surface area contributed by atoms with E-state index in [-0.39, 0.29) is 17.9 Å². The fraction of sp³-hybridized carbons (Fsp3) is 0.846. The van der Waals surface area contributed by atoms with Crippen molar-refractivity contribution < 1.29 is 14.7 Å². The van der Waals surface area contributed by atoms with Crippen molar-refractivity contribution in [2.45, 2.75) is 38.1 Å². The van der Waals surface area contributed by atoms with Gasteiger partial charge in [-0.25, -0.2) is 0 Å². The van der Waals surface area contributed by atoms with Crippen molar-refractivity contribution in [2.75, 3.05) is 20.1 Å². The lowest BCUT2D eigenvalue weighted by Gasteiger charge is -2.34. The number of carboxylic acids is 1. The number of rotatable bonds is 3. The predicted molar refractivity (Wildman–Crippen MR) is 67.1 cm³/mol. The highest BCUT2D eigenvalue weighted by atomic mass is 16.4. The molecule has 0 aromatic rings. The molecule has 2 fully saturated rings. The summed E-state index contributed by atoms with van der Waals surface area (Å²) in [6.07, 6.45) is 4.16. The molecular formula is C13H22N2O3. The number of hydrogen-bond donors (Lipinski definition) is 2. The maximum Gasteiger partial charge on any atom is 0.307 e. The Hall–Kier alpha value is -1.10. The fourth-order valence-electron chi connectivity index (χ4n) is 3.19. The van der Waals surface area contributed by atoms with E-state index in [9.17, 15) is 9.59 Å². The van der Waals surface area contributed by atoms with Gasteiger partial charge in [0.2, 0.25) is 5.91 Å². The van der Waals surface area contributed by atoms with Crippen molar-refractivity contribution in [3.63, 3.8) is 0 Å². The third kappa shape index (κ3) is 2.66. The number of carbonyl (C=O) groups is 2. The third-order valence-corrected chi connectivity index (χ3v) is 4.35. The molecule has 0 aromatic carbocycles. The molecule has 2 rings (SSSR count). The van der Waals surface area contributed by atoms with E-state index in [0.717, 1.165) is 38.8 Å². The van der Waals surface area contributed by atoms with Gasteiger partial charge in [0.1, 0.15) is 0 Å². The van der Waals surface area contributed by atoms with Crippen LogP contribution in [0.5, 0.6) is 0 Å². The lowest BCUT2D eigenvalue weighted by molar-refractivity contribution is -0.149. The van der Waals surface area contributed by atoms with Crippen LogP contribution in [0.2, 0.25) is 0 Å². The molecule has 1 aliphatic carbocycles. The summed E-state index contributed by atoms with van der Waals surface area (Å²) >= 11 is 0. The molecule has 1 aliphatic heterocycles. The molecular weight excluding hydrogens is 232 g/mol. The standard InChI is InChI=1S/C13H22N2O3/c1-15(9-5-7-14-8-6-9)12(16)10-3-2-4-11(10)13(17)18/h9-11,14H,2-8H2,1H3,(H,17,18)/t10-,11+/m1/s1. The van der Waals surface area contributed by atoms with Gasteiger partial charge in [0.15, 0.2) is 0 Å². The SMILES string of the molecule is CN(C(=O)[C@@H]1CCC[C@@H]1C(=O)O)C1CCNCC1. The van der Waals surface area contributed by atoms with Gasteiger partial charge < -0.3 is 15.3 Å². The van der Waals surface area contributed by atoms with Crippen molar-refractivity contribution >= 4 is 11.9 Å². The Morgan fingerprint density at radius 2 is 1.72 bits per heavy atom. The highest BCUT2D eigenvalue weighted by molar-refractivity contribution is 5.85. The maximum atomic E-state index is 12.4. The molecule has 0 unspecified atom stereocenters. The van der Waals surface area contributed by atoms with Gasteiger partial charge in [-0.3, -0.25) is 9.59 Å². The first-order valence-electron chi connectivity index (χ1n) is 6.81. The van der Waals surface area contributed by atoms with Crippen molar-refractivity contribution in [3.05, 3.63) is 0 Å². The van der Waals surface area contributed by atoms with Crippen molar-refractivity contribution in [1.82, 2.24) is 10.2 Å². The van der Waals surface area contributed by atoms with Crippen LogP contribution in [0.15, 0.2) is 0 Å². The molecule has 2 N–H and O–H groups in total. The quantitative estimate of drug-likeness (QED) is 0.778. The lowest BCUT2D eigenvalue weighted by atomic mass is 9.93. The predicted octanol–water partition coefficient (Wildman–Crippen LogP) is 0.698. The van der Waals surface area contributed by atoms with Crippen LogP contribution in [0.4, 0.5) is 0 Å². The Balaban J connectivity index is 1.99. The Bertz CT molecular complexity index is 326. The Morgan fingerprint density at radius 1 is 1.11 bits per heavy atom. The van der Waals surface area contributed by atoms with E-state index < -0.39 is 11.9 Å². The second kappa shape index (κ2) is 5.69. The fourth-order valence-corrected chi connectivity index (χ4v) is 3.19. The zero-order valence-corrected chi connectivity index (χ0v) is 10.9. The molecule has 2 atom stereocenters. The molecule has 0 spiro atoms. The normalized spacial score (nSPS) is 29.2. The number of carboxylic acid groups (broad SMARTS) is 1. The van der Waals surface area contributed by atoms with Gasteiger partial charge in [-0.15, -0.1) is 0 Å². The molecule has 5 nitrogen and oxygen atoms in total. The molecule has 102 valence electrons. The summed E-state index contributed by atoms with van der Waals surface area (Å²) < 4.78 is 0. The zero-order chi connectivity index (χ0) is 13.1. The monoisotopic (exact) mass is 254 g/mol. The summed E-state index contributed by atoms with van der Waals surface area (Å²) in [5, 5.41) is 12.4. The number of nitrogens with one attached hydrogen (secondary N) is 1. The summed E-state index contributed by atoms with van der Waals surface area (Å²) in [5.41, 5.74) is 0. The Morgan fingerprint density at radius 3 is 2.33 bits per heavy atom. The van der Waals surface area contributed by atoms with Gasteiger partial charge in [-0.2, -0.15) is 0 Å². The van der Waals surface area contributed by atoms with Gasteiger partial charge in [0.25, 0.3) is 0 Å². The van der Waals surface area contributed by atoms with Crippen molar-refractivity contribution in [2.24, 2.45) is 11.8 Å². The smallest absolute Gasteiger partial charge is 0.307 e. The summed E-state index contributed by atoms with van der Waals surface area (Å²) in [6.45, 7) is 1.88. The average Bonchev–Trinajstić information content (AvgIpc) is 2.87. The number of piperidine rings is 1. The molecule has 0 radical (unpaired) electrons. The second-order valence-corrected chi connectivity index (χ2v) is 5.41. The van der Waals surface area contributed by atoms with Gasteiger partial charge in [-0.05, 0) is 38.8 Å². The van der Waals surface area contributed by atoms with Gasteiger partial charge >= 0.3 is 5.97 Å². The molecule has 1 saturated carbocycles. The number of aliphatic carboxylic acids is 1. The van der Waals surface area contributed by atoms with Crippen molar-refractivity contribution in [1.29, 1.82) is 0 Å². The Kier molecular flexibility index (Phi) is 4.22. The summed E-state index contributed by atoms with van der Waals surface area (Å²) in [5.74, 6) is -1.56. The summed E-state index contributed by atoms with van der Waals surface area (Å²) in [4.78, 5) is 25.3. The zero-order valence-electron chi connectivity index (χ0n) is 10.9. The van der Waals surface area contributed by atoms with Gasteiger partial charge in [0, 0.05) is 13.1 Å². The Labute approximate surface area is 108 Å². The van der Waals surface area contributed by atoms with E-state index in [1.54, 1.807) is 4.90 Å². The summed E-state index contributed by atoms with van der Waals surface area (Å²) in [7, 11) is 1.83. The van der Waals surface area contributed by atoms with Crippen LogP contribution in [-0.4, -0.2) is 48.1 Å². The van der Waals surface area contributed by atoms with Crippen molar-refractivity contribution in [3.8, 4) is 0 Å². The molecule has 1 saturated heterocycles. The van der Waals surface area contributed by atoms with Crippen LogP contribution >= 0.6 is 0 Å². The summed E-state index contributed by atoms with van der Waals surface area (Å²) in [6, 6.07) is 0.272. The first kappa shape index (κ1) is 13.3. The first-order valence-corrected chi connectivity index (χ1v) is 6.81. The topological polar surface area (TPSA) is 69.6 Å². The maximum absolute atomic E-state index is 12.4. The minimum Gasteiger partial charge on any atom is -0.481 e. The van der Waals surface area contributed by atoms with Gasteiger partial charge in [0.05, 0.1) is 11.8 Å². The van der Waals surface area contributed by atoms with Crippen LogP contribution in [-0.2, 0) is 9.59 Å². The number of carbonyl (C=O) groups excluding carboxylic acids is 1.